The molecule has 0 atom stereocenters. The number of hydrogen-bond acceptors (Lipinski definition) is 5. The van der Waals surface area contributed by atoms with E-state index in [0.29, 0.717) is 0 Å². The van der Waals surface area contributed by atoms with E-state index in [4.69, 9.17) is 4.74 Å². The van der Waals surface area contributed by atoms with Gasteiger partial charge < -0.3 is 4.74 Å². The molecule has 19 heavy (non-hydrogen) atoms. The standard InChI is InChI=1S/C11H19N3O4S/c1-5-18-10(15)8-6-12-14-9(8)19(16,17)13-7-11(2,3)4/h6,13H,5,7H2,1-4H3,(H,12,14). The Kier molecular flexibility index (Phi) is 4.70. The minimum atomic E-state index is -3.81. The van der Waals surface area contributed by atoms with Crippen molar-refractivity contribution in [3.05, 3.63) is 11.8 Å². The molecule has 108 valence electrons. The Morgan fingerprint density at radius 3 is 2.63 bits per heavy atom. The molecule has 0 aliphatic heterocycles. The lowest BCUT2D eigenvalue weighted by Gasteiger charge is -2.18. The maximum atomic E-state index is 12.1. The van der Waals surface area contributed by atoms with Gasteiger partial charge in [-0.2, -0.15) is 5.10 Å². The van der Waals surface area contributed by atoms with Crippen LogP contribution in [-0.4, -0.2) is 37.7 Å². The number of aromatic nitrogens is 2. The fourth-order valence-corrected chi connectivity index (χ4v) is 2.58. The van der Waals surface area contributed by atoms with Crippen LogP contribution in [0.2, 0.25) is 0 Å². The first kappa shape index (κ1) is 15.6. The summed E-state index contributed by atoms with van der Waals surface area (Å²) < 4.78 is 31.4. The van der Waals surface area contributed by atoms with E-state index >= 15 is 0 Å². The lowest BCUT2D eigenvalue weighted by atomic mass is 9.98. The molecule has 1 rings (SSSR count). The summed E-state index contributed by atoms with van der Waals surface area (Å²) in [7, 11) is -3.81. The molecule has 0 saturated heterocycles. The van der Waals surface area contributed by atoms with Gasteiger partial charge in [0, 0.05) is 6.54 Å². The van der Waals surface area contributed by atoms with Crippen LogP contribution < -0.4 is 4.72 Å². The monoisotopic (exact) mass is 289 g/mol. The highest BCUT2D eigenvalue weighted by molar-refractivity contribution is 7.89. The van der Waals surface area contributed by atoms with Gasteiger partial charge in [0.25, 0.3) is 10.0 Å². The molecule has 0 aliphatic rings. The van der Waals surface area contributed by atoms with E-state index in [9.17, 15) is 13.2 Å². The molecule has 7 nitrogen and oxygen atoms in total. The highest BCUT2D eigenvalue weighted by atomic mass is 32.2. The molecule has 2 N–H and O–H groups in total. The number of nitrogens with zero attached hydrogens (tertiary/aromatic N) is 1. The molecule has 0 aromatic carbocycles. The normalized spacial score (nSPS) is 12.4. The third-order valence-corrected chi connectivity index (χ3v) is 3.53. The zero-order valence-electron chi connectivity index (χ0n) is 11.5. The van der Waals surface area contributed by atoms with Gasteiger partial charge in [-0.25, -0.2) is 17.9 Å². The molecule has 0 saturated carbocycles. The second-order valence-electron chi connectivity index (χ2n) is 5.22. The predicted octanol–water partition coefficient (Wildman–Crippen LogP) is 0.911. The van der Waals surface area contributed by atoms with Crippen molar-refractivity contribution in [1.29, 1.82) is 0 Å². The van der Waals surface area contributed by atoms with Gasteiger partial charge in [0.2, 0.25) is 0 Å². The van der Waals surface area contributed by atoms with Gasteiger partial charge in [0.05, 0.1) is 12.8 Å². The van der Waals surface area contributed by atoms with Crippen molar-refractivity contribution in [2.24, 2.45) is 5.41 Å². The molecule has 0 aliphatic carbocycles. The topological polar surface area (TPSA) is 101 Å². The van der Waals surface area contributed by atoms with Crippen molar-refractivity contribution in [2.45, 2.75) is 32.7 Å². The lowest BCUT2D eigenvalue weighted by molar-refractivity contribution is 0.0522. The molecule has 0 fully saturated rings. The number of nitrogens with one attached hydrogen (secondary N) is 2. The van der Waals surface area contributed by atoms with Crippen LogP contribution >= 0.6 is 0 Å². The number of sulfonamides is 1. The number of rotatable bonds is 5. The first-order valence-electron chi connectivity index (χ1n) is 5.87. The predicted molar refractivity (Wildman–Crippen MR) is 69.2 cm³/mol. The number of hydrogen-bond donors (Lipinski definition) is 2. The van der Waals surface area contributed by atoms with E-state index in [0.717, 1.165) is 6.20 Å². The highest BCUT2D eigenvalue weighted by Gasteiger charge is 2.27. The van der Waals surface area contributed by atoms with E-state index in [1.165, 1.54) is 0 Å². The van der Waals surface area contributed by atoms with E-state index in [1.807, 2.05) is 20.8 Å². The van der Waals surface area contributed by atoms with Gasteiger partial charge in [-0.3, -0.25) is 5.10 Å². The van der Waals surface area contributed by atoms with Crippen molar-refractivity contribution in [3.8, 4) is 0 Å². The molecule has 0 bridgehead atoms. The number of ether oxygens (including phenoxy) is 1. The molecular formula is C11H19N3O4S. The van der Waals surface area contributed by atoms with Crippen LogP contribution in [0.1, 0.15) is 38.1 Å². The lowest BCUT2D eigenvalue weighted by Crippen LogP contribution is -2.33. The van der Waals surface area contributed by atoms with E-state index in [2.05, 4.69) is 14.9 Å². The van der Waals surface area contributed by atoms with E-state index < -0.39 is 16.0 Å². The second-order valence-corrected chi connectivity index (χ2v) is 6.92. The molecule has 0 amide bonds. The van der Waals surface area contributed by atoms with Crippen LogP contribution in [0.5, 0.6) is 0 Å². The third kappa shape index (κ3) is 4.32. The van der Waals surface area contributed by atoms with Crippen LogP contribution in [0, 0.1) is 5.41 Å². The van der Waals surface area contributed by atoms with Crippen LogP contribution in [0.25, 0.3) is 0 Å². The second kappa shape index (κ2) is 5.70. The average Bonchev–Trinajstić information content (AvgIpc) is 2.75. The van der Waals surface area contributed by atoms with Crippen LogP contribution in [0.15, 0.2) is 11.2 Å². The summed E-state index contributed by atoms with van der Waals surface area (Å²) in [6, 6.07) is 0. The van der Waals surface area contributed by atoms with Crippen molar-refractivity contribution in [1.82, 2.24) is 14.9 Å². The number of aromatic amines is 1. The first-order valence-corrected chi connectivity index (χ1v) is 7.36. The smallest absolute Gasteiger partial charge is 0.342 e. The number of H-pyrrole nitrogens is 1. The minimum Gasteiger partial charge on any atom is -0.462 e. The highest BCUT2D eigenvalue weighted by Crippen LogP contribution is 2.16. The Hall–Kier alpha value is -1.41. The van der Waals surface area contributed by atoms with Crippen LogP contribution in [0.4, 0.5) is 0 Å². The summed E-state index contributed by atoms with van der Waals surface area (Å²) in [4.78, 5) is 11.6. The molecular weight excluding hydrogens is 270 g/mol. The summed E-state index contributed by atoms with van der Waals surface area (Å²) >= 11 is 0. The maximum Gasteiger partial charge on any atom is 0.342 e. The summed E-state index contributed by atoms with van der Waals surface area (Å²) in [5.74, 6) is -0.715. The third-order valence-electron chi connectivity index (χ3n) is 2.16. The van der Waals surface area contributed by atoms with Crippen molar-refractivity contribution in [2.75, 3.05) is 13.2 Å². The van der Waals surface area contributed by atoms with E-state index in [-0.39, 0.29) is 29.2 Å². The molecule has 1 aromatic heterocycles. The Balaban J connectivity index is 2.97. The van der Waals surface area contributed by atoms with Crippen molar-refractivity contribution in [3.63, 3.8) is 0 Å². The fraction of sp³-hybridized carbons (Fsp3) is 0.636. The molecule has 8 heteroatoms. The quantitative estimate of drug-likeness (QED) is 0.785. The van der Waals surface area contributed by atoms with Gasteiger partial charge in [0.15, 0.2) is 5.03 Å². The Bertz CT molecular complexity index is 543. The maximum absolute atomic E-state index is 12.1. The number of carbonyl (C=O) groups is 1. The van der Waals surface area contributed by atoms with Crippen molar-refractivity contribution < 1.29 is 17.9 Å². The summed E-state index contributed by atoms with van der Waals surface area (Å²) in [6.45, 7) is 7.75. The average molecular weight is 289 g/mol. The van der Waals surface area contributed by atoms with Crippen LogP contribution in [-0.2, 0) is 14.8 Å². The molecule has 1 aromatic rings. The fourth-order valence-electron chi connectivity index (χ4n) is 1.22. The zero-order valence-corrected chi connectivity index (χ0v) is 12.3. The zero-order chi connectivity index (χ0) is 14.7. The van der Waals surface area contributed by atoms with Crippen LogP contribution in [0.3, 0.4) is 0 Å². The largest absolute Gasteiger partial charge is 0.462 e. The van der Waals surface area contributed by atoms with Crippen molar-refractivity contribution >= 4 is 16.0 Å². The van der Waals surface area contributed by atoms with Gasteiger partial charge in [-0.1, -0.05) is 20.8 Å². The minimum absolute atomic E-state index is 0.0942. The molecule has 0 radical (unpaired) electrons. The molecule has 1 heterocycles. The van der Waals surface area contributed by atoms with Gasteiger partial charge >= 0.3 is 5.97 Å². The first-order chi connectivity index (χ1) is 8.67. The Morgan fingerprint density at radius 2 is 2.11 bits per heavy atom. The Labute approximate surface area is 112 Å². The molecule has 0 spiro atoms. The SMILES string of the molecule is CCOC(=O)c1cn[nH]c1S(=O)(=O)NCC(C)(C)C. The number of esters is 1. The van der Waals surface area contributed by atoms with E-state index in [1.54, 1.807) is 6.92 Å². The summed E-state index contributed by atoms with van der Waals surface area (Å²) in [6.07, 6.45) is 1.14. The Morgan fingerprint density at radius 1 is 1.47 bits per heavy atom. The molecule has 0 unspecified atom stereocenters. The van der Waals surface area contributed by atoms with Gasteiger partial charge in [-0.15, -0.1) is 0 Å². The summed E-state index contributed by atoms with van der Waals surface area (Å²) in [5.41, 5.74) is -0.305. The number of carbonyl (C=O) groups excluding carboxylic acids is 1. The summed E-state index contributed by atoms with van der Waals surface area (Å²) in [5, 5.41) is 5.64. The van der Waals surface area contributed by atoms with Gasteiger partial charge in [-0.05, 0) is 12.3 Å². The van der Waals surface area contributed by atoms with Gasteiger partial charge in [0.1, 0.15) is 5.56 Å².